The zero-order valence-electron chi connectivity index (χ0n) is 21.3. The van der Waals surface area contributed by atoms with Gasteiger partial charge in [0.1, 0.15) is 0 Å². The summed E-state index contributed by atoms with van der Waals surface area (Å²) < 4.78 is 0. The number of benzene rings is 4. The number of allylic oxidation sites excluding steroid dienone is 5. The topological polar surface area (TPSA) is 0 Å². The maximum atomic E-state index is 2.51. The van der Waals surface area contributed by atoms with E-state index < -0.39 is 0 Å². The van der Waals surface area contributed by atoms with E-state index in [9.17, 15) is 0 Å². The molecule has 37 heavy (non-hydrogen) atoms. The molecule has 0 radical (unpaired) electrons. The van der Waals surface area contributed by atoms with Gasteiger partial charge in [-0.3, -0.25) is 0 Å². The van der Waals surface area contributed by atoms with Crippen molar-refractivity contribution in [1.29, 1.82) is 0 Å². The van der Waals surface area contributed by atoms with Gasteiger partial charge >= 0.3 is 0 Å². The highest BCUT2D eigenvalue weighted by Gasteiger charge is 2.36. The highest BCUT2D eigenvalue weighted by molar-refractivity contribution is 8.00. The van der Waals surface area contributed by atoms with Crippen LogP contribution in [0.4, 0.5) is 0 Å². The Hall–Kier alpha value is -3.03. The first kappa shape index (κ1) is 22.0. The van der Waals surface area contributed by atoms with E-state index in [0.29, 0.717) is 0 Å². The first-order chi connectivity index (χ1) is 18.3. The maximum absolute atomic E-state index is 2.51. The summed E-state index contributed by atoms with van der Waals surface area (Å²) in [6.07, 6.45) is 19.8. The molecule has 0 aromatic heterocycles. The lowest BCUT2D eigenvalue weighted by Crippen LogP contribution is -2.14. The SMILES string of the molecule is C1=Cc2c(c3cc(C4=CCCC(c5cccc6c5SC5CCCCC65)=C4)ccc3c3ccccc23)CC1. The molecule has 1 aliphatic heterocycles. The van der Waals surface area contributed by atoms with Gasteiger partial charge in [-0.1, -0.05) is 91.7 Å². The number of hydrogen-bond acceptors (Lipinski definition) is 1. The van der Waals surface area contributed by atoms with Crippen molar-refractivity contribution in [3.8, 4) is 0 Å². The van der Waals surface area contributed by atoms with Gasteiger partial charge in [0.15, 0.2) is 0 Å². The minimum atomic E-state index is 0.781. The second-order valence-corrected chi connectivity index (χ2v) is 12.5. The van der Waals surface area contributed by atoms with Crippen molar-refractivity contribution in [2.24, 2.45) is 0 Å². The predicted octanol–water partition coefficient (Wildman–Crippen LogP) is 10.3. The Kier molecular flexibility index (Phi) is 5.22. The van der Waals surface area contributed by atoms with Crippen molar-refractivity contribution in [3.05, 3.63) is 107 Å². The summed E-state index contributed by atoms with van der Waals surface area (Å²) in [6, 6.07) is 23.3. The van der Waals surface area contributed by atoms with Crippen molar-refractivity contribution in [2.45, 2.75) is 67.4 Å². The molecule has 1 saturated carbocycles. The Morgan fingerprint density at radius 1 is 0.757 bits per heavy atom. The van der Waals surface area contributed by atoms with Gasteiger partial charge in [-0.2, -0.15) is 0 Å². The van der Waals surface area contributed by atoms with Crippen LogP contribution in [0.3, 0.4) is 0 Å². The Morgan fingerprint density at radius 2 is 1.65 bits per heavy atom. The van der Waals surface area contributed by atoms with Gasteiger partial charge in [-0.25, -0.2) is 0 Å². The summed E-state index contributed by atoms with van der Waals surface area (Å²) in [5.74, 6) is 0.781. The fourth-order valence-electron chi connectivity index (χ4n) is 7.45. The van der Waals surface area contributed by atoms with E-state index in [1.807, 2.05) is 0 Å². The molecule has 0 saturated heterocycles. The summed E-state index contributed by atoms with van der Waals surface area (Å²) >= 11 is 2.19. The zero-order valence-corrected chi connectivity index (χ0v) is 22.1. The van der Waals surface area contributed by atoms with Gasteiger partial charge in [0, 0.05) is 10.1 Å². The fraction of sp³-hybridized carbons (Fsp3) is 0.278. The molecule has 1 heterocycles. The van der Waals surface area contributed by atoms with E-state index in [1.54, 1.807) is 10.5 Å². The Bertz CT molecular complexity index is 1660. The molecule has 8 rings (SSSR count). The van der Waals surface area contributed by atoms with Gasteiger partial charge in [0.2, 0.25) is 0 Å². The van der Waals surface area contributed by atoms with Gasteiger partial charge in [-0.15, -0.1) is 11.8 Å². The normalized spacial score (nSPS) is 22.4. The average Bonchev–Trinajstić information content (AvgIpc) is 3.36. The molecule has 182 valence electrons. The number of aryl methyl sites for hydroxylation is 1. The lowest BCUT2D eigenvalue weighted by molar-refractivity contribution is 0.461. The van der Waals surface area contributed by atoms with Crippen LogP contribution in [0.1, 0.15) is 78.7 Å². The molecule has 4 aromatic rings. The van der Waals surface area contributed by atoms with E-state index in [1.165, 1.54) is 80.6 Å². The minimum absolute atomic E-state index is 0.781. The van der Waals surface area contributed by atoms with Crippen LogP contribution in [-0.2, 0) is 6.42 Å². The molecule has 0 spiro atoms. The third-order valence-corrected chi connectivity index (χ3v) is 10.8. The quantitative estimate of drug-likeness (QED) is 0.249. The van der Waals surface area contributed by atoms with Crippen LogP contribution in [-0.4, -0.2) is 5.25 Å². The largest absolute Gasteiger partial charge is 0.121 e. The second kappa shape index (κ2) is 8.77. The van der Waals surface area contributed by atoms with Crippen molar-refractivity contribution in [1.82, 2.24) is 0 Å². The molecule has 1 fully saturated rings. The molecule has 2 unspecified atom stereocenters. The molecule has 3 aliphatic carbocycles. The minimum Gasteiger partial charge on any atom is -0.121 e. The van der Waals surface area contributed by atoms with Gasteiger partial charge in [-0.05, 0) is 111 Å². The molecule has 4 aromatic carbocycles. The first-order valence-electron chi connectivity index (χ1n) is 14.2. The van der Waals surface area contributed by atoms with Crippen LogP contribution in [0, 0.1) is 0 Å². The molecule has 0 amide bonds. The van der Waals surface area contributed by atoms with E-state index in [0.717, 1.165) is 36.9 Å². The number of rotatable bonds is 2. The van der Waals surface area contributed by atoms with Crippen LogP contribution >= 0.6 is 11.8 Å². The van der Waals surface area contributed by atoms with E-state index in [4.69, 9.17) is 0 Å². The zero-order chi connectivity index (χ0) is 24.3. The predicted molar refractivity (Wildman–Crippen MR) is 161 cm³/mol. The summed E-state index contributed by atoms with van der Waals surface area (Å²) in [5, 5.41) is 6.41. The number of thioether (sulfide) groups is 1. The van der Waals surface area contributed by atoms with Gasteiger partial charge < -0.3 is 0 Å². The molecular formula is C36H32S. The third kappa shape index (κ3) is 3.51. The molecular weight excluding hydrogens is 464 g/mol. The highest BCUT2D eigenvalue weighted by Crippen LogP contribution is 2.54. The first-order valence-corrected chi connectivity index (χ1v) is 15.1. The fourth-order valence-corrected chi connectivity index (χ4v) is 9.17. The summed E-state index contributed by atoms with van der Waals surface area (Å²) in [4.78, 5) is 1.60. The smallest absolute Gasteiger partial charge is 0.0185 e. The number of hydrogen-bond donors (Lipinski definition) is 0. The molecule has 0 N–H and O–H groups in total. The third-order valence-electron chi connectivity index (χ3n) is 9.23. The lowest BCUT2D eigenvalue weighted by atomic mass is 9.82. The molecule has 2 atom stereocenters. The van der Waals surface area contributed by atoms with Crippen molar-refractivity contribution in [3.63, 3.8) is 0 Å². The van der Waals surface area contributed by atoms with Gasteiger partial charge in [0.05, 0.1) is 0 Å². The lowest BCUT2D eigenvalue weighted by Gasteiger charge is -2.24. The van der Waals surface area contributed by atoms with E-state index in [-0.39, 0.29) is 0 Å². The van der Waals surface area contributed by atoms with Gasteiger partial charge in [0.25, 0.3) is 0 Å². The molecule has 4 aliphatic rings. The van der Waals surface area contributed by atoms with Crippen molar-refractivity contribution < 1.29 is 0 Å². The molecule has 1 heteroatoms. The standard InChI is InChI=1S/C36H32S/c1-2-13-29-27(11-1)28-12-3-4-14-30(28)34-22-24(19-20-31(29)34)23-9-7-10-25(21-23)26-16-8-17-33-32-15-5-6-18-35(32)37-36(26)33/h1-3,8-9,11-13,16-17,19-22,32,35H,4-7,10,14-15,18H2. The van der Waals surface area contributed by atoms with Crippen LogP contribution < -0.4 is 0 Å². The molecule has 0 bridgehead atoms. The van der Waals surface area contributed by atoms with E-state index in [2.05, 4.69) is 96.7 Å². The van der Waals surface area contributed by atoms with E-state index >= 15 is 0 Å². The summed E-state index contributed by atoms with van der Waals surface area (Å²) in [5.41, 5.74) is 10.4. The Labute approximate surface area is 224 Å². The van der Waals surface area contributed by atoms with Crippen molar-refractivity contribution >= 4 is 50.5 Å². The van der Waals surface area contributed by atoms with Crippen LogP contribution in [0.5, 0.6) is 0 Å². The number of fused-ring (bicyclic) bond motifs is 9. The monoisotopic (exact) mass is 496 g/mol. The Balaban J connectivity index is 1.23. The van der Waals surface area contributed by atoms with Crippen LogP contribution in [0.15, 0.2) is 83.8 Å². The highest BCUT2D eigenvalue weighted by atomic mass is 32.2. The average molecular weight is 497 g/mol. The maximum Gasteiger partial charge on any atom is 0.0185 e. The van der Waals surface area contributed by atoms with Crippen molar-refractivity contribution in [2.75, 3.05) is 0 Å². The Morgan fingerprint density at radius 3 is 2.62 bits per heavy atom. The summed E-state index contributed by atoms with van der Waals surface area (Å²) in [7, 11) is 0. The summed E-state index contributed by atoms with van der Waals surface area (Å²) in [6.45, 7) is 0. The second-order valence-electron chi connectivity index (χ2n) is 11.3. The van der Waals surface area contributed by atoms with Crippen LogP contribution in [0.25, 0.3) is 38.8 Å². The molecule has 0 nitrogen and oxygen atoms in total. The van der Waals surface area contributed by atoms with Crippen LogP contribution in [0.2, 0.25) is 0 Å².